The van der Waals surface area contributed by atoms with E-state index >= 15 is 0 Å². The van der Waals surface area contributed by atoms with E-state index in [0.717, 1.165) is 49.6 Å². The van der Waals surface area contributed by atoms with Gasteiger partial charge in [0.1, 0.15) is 17.0 Å². The first-order chi connectivity index (χ1) is 13.4. The van der Waals surface area contributed by atoms with E-state index in [2.05, 4.69) is 35.3 Å². The quantitative estimate of drug-likeness (QED) is 0.326. The number of pyridine rings is 2. The van der Waals surface area contributed by atoms with E-state index < -0.39 is 0 Å². The van der Waals surface area contributed by atoms with Gasteiger partial charge in [-0.25, -0.2) is 4.98 Å². The number of furan rings is 1. The molecule has 3 heterocycles. The van der Waals surface area contributed by atoms with Gasteiger partial charge in [-0.05, 0) is 23.6 Å². The maximum Gasteiger partial charge on any atom is 0.163 e. The first-order valence-corrected chi connectivity index (χ1v) is 8.94. The summed E-state index contributed by atoms with van der Waals surface area (Å²) in [7, 11) is 0. The predicted octanol–water partition coefficient (Wildman–Crippen LogP) is 6.35. The van der Waals surface area contributed by atoms with Gasteiger partial charge in [0.25, 0.3) is 0 Å². The van der Waals surface area contributed by atoms with Gasteiger partial charge >= 0.3 is 0 Å². The van der Waals surface area contributed by atoms with Gasteiger partial charge in [0, 0.05) is 27.7 Å². The average molecular weight is 346 g/mol. The van der Waals surface area contributed by atoms with Crippen LogP contribution in [0.4, 0.5) is 0 Å². The third-order valence-electron chi connectivity index (χ3n) is 5.13. The van der Waals surface area contributed by atoms with E-state index in [9.17, 15) is 0 Å². The van der Waals surface area contributed by atoms with Gasteiger partial charge in [0.05, 0.1) is 5.52 Å². The largest absolute Gasteiger partial charge is 0.454 e. The molecule has 126 valence electrons. The lowest BCUT2D eigenvalue weighted by Gasteiger charge is -2.09. The van der Waals surface area contributed by atoms with Crippen molar-refractivity contribution in [3.63, 3.8) is 0 Å². The summed E-state index contributed by atoms with van der Waals surface area (Å²) >= 11 is 0. The van der Waals surface area contributed by atoms with Crippen LogP contribution in [0.2, 0.25) is 0 Å². The Labute approximate surface area is 154 Å². The fourth-order valence-corrected chi connectivity index (χ4v) is 3.90. The molecule has 3 heteroatoms. The summed E-state index contributed by atoms with van der Waals surface area (Å²) < 4.78 is 6.20. The highest BCUT2D eigenvalue weighted by Crippen LogP contribution is 2.37. The molecular formula is C24H14N2O. The Morgan fingerprint density at radius 1 is 0.556 bits per heavy atom. The SMILES string of the molecule is c1ccc2c(c1)nc(-c1nccc3c1oc1ccccc13)c1ccccc12. The number of hydrogen-bond donors (Lipinski definition) is 0. The van der Waals surface area contributed by atoms with Gasteiger partial charge < -0.3 is 4.42 Å². The summed E-state index contributed by atoms with van der Waals surface area (Å²) in [6.07, 6.45) is 1.84. The summed E-state index contributed by atoms with van der Waals surface area (Å²) in [5.74, 6) is 0. The Hall–Kier alpha value is -3.72. The van der Waals surface area contributed by atoms with Crippen molar-refractivity contribution in [2.24, 2.45) is 0 Å². The molecule has 0 N–H and O–H groups in total. The van der Waals surface area contributed by atoms with Crippen LogP contribution < -0.4 is 0 Å². The first-order valence-electron chi connectivity index (χ1n) is 8.94. The molecular weight excluding hydrogens is 332 g/mol. The summed E-state index contributed by atoms with van der Waals surface area (Å²) in [5.41, 5.74) is 4.25. The standard InChI is InChI=1S/C24H14N2O/c1-2-10-18-15(7-1)16-8-3-5-11-20(16)26-22(18)23-24-19(13-14-25-23)17-9-4-6-12-21(17)27-24/h1-14H. The Kier molecular flexibility index (Phi) is 2.88. The van der Waals surface area contributed by atoms with Gasteiger partial charge in [-0.15, -0.1) is 0 Å². The maximum atomic E-state index is 6.20. The van der Waals surface area contributed by atoms with E-state index in [0.29, 0.717) is 0 Å². The normalized spacial score (nSPS) is 11.7. The highest BCUT2D eigenvalue weighted by atomic mass is 16.3. The highest BCUT2D eigenvalue weighted by molar-refractivity contribution is 6.14. The Morgan fingerprint density at radius 3 is 2.15 bits per heavy atom. The van der Waals surface area contributed by atoms with Crippen LogP contribution in [0.1, 0.15) is 0 Å². The highest BCUT2D eigenvalue weighted by Gasteiger charge is 2.17. The topological polar surface area (TPSA) is 38.9 Å². The molecule has 0 unspecified atom stereocenters. The van der Waals surface area contributed by atoms with Crippen LogP contribution in [0.5, 0.6) is 0 Å². The van der Waals surface area contributed by atoms with E-state index in [-0.39, 0.29) is 0 Å². The van der Waals surface area contributed by atoms with Crippen molar-refractivity contribution in [1.82, 2.24) is 9.97 Å². The number of hydrogen-bond acceptors (Lipinski definition) is 3. The molecule has 0 aliphatic carbocycles. The first kappa shape index (κ1) is 14.4. The van der Waals surface area contributed by atoms with Gasteiger partial charge in [-0.3, -0.25) is 4.98 Å². The van der Waals surface area contributed by atoms with Crippen LogP contribution >= 0.6 is 0 Å². The fraction of sp³-hybridized carbons (Fsp3) is 0. The molecule has 3 aromatic heterocycles. The monoisotopic (exact) mass is 346 g/mol. The van der Waals surface area contributed by atoms with Crippen LogP contribution in [-0.4, -0.2) is 9.97 Å². The van der Waals surface area contributed by atoms with E-state index in [4.69, 9.17) is 9.40 Å². The van der Waals surface area contributed by atoms with Crippen LogP contribution in [0.25, 0.3) is 55.0 Å². The fourth-order valence-electron chi connectivity index (χ4n) is 3.90. The van der Waals surface area contributed by atoms with Crippen molar-refractivity contribution in [3.8, 4) is 11.4 Å². The van der Waals surface area contributed by atoms with Crippen molar-refractivity contribution in [1.29, 1.82) is 0 Å². The zero-order chi connectivity index (χ0) is 17.8. The minimum atomic E-state index is 0.783. The molecule has 0 aliphatic heterocycles. The molecule has 0 fully saturated rings. The molecule has 0 saturated carbocycles. The van der Waals surface area contributed by atoms with E-state index in [1.165, 1.54) is 5.39 Å². The number of para-hydroxylation sites is 2. The Bertz CT molecular complexity index is 1480. The summed E-state index contributed by atoms with van der Waals surface area (Å²) in [4.78, 5) is 9.64. The predicted molar refractivity (Wildman–Crippen MR) is 110 cm³/mol. The van der Waals surface area contributed by atoms with Crippen LogP contribution in [-0.2, 0) is 0 Å². The summed E-state index contributed by atoms with van der Waals surface area (Å²) in [6.45, 7) is 0. The second kappa shape index (κ2) is 5.39. The molecule has 27 heavy (non-hydrogen) atoms. The lowest BCUT2D eigenvalue weighted by Crippen LogP contribution is -1.92. The molecule has 6 rings (SSSR count). The zero-order valence-corrected chi connectivity index (χ0v) is 14.4. The number of fused-ring (bicyclic) bond motifs is 6. The van der Waals surface area contributed by atoms with Crippen LogP contribution in [0, 0.1) is 0 Å². The molecule has 0 radical (unpaired) electrons. The average Bonchev–Trinajstić information content (AvgIpc) is 3.12. The van der Waals surface area contributed by atoms with E-state index in [1.807, 2.05) is 54.7 Å². The third-order valence-corrected chi connectivity index (χ3v) is 5.13. The van der Waals surface area contributed by atoms with Crippen molar-refractivity contribution in [2.75, 3.05) is 0 Å². The Balaban J connectivity index is 1.80. The summed E-state index contributed by atoms with van der Waals surface area (Å²) in [6, 6.07) is 26.7. The number of nitrogens with zero attached hydrogens (tertiary/aromatic N) is 2. The lowest BCUT2D eigenvalue weighted by atomic mass is 10.0. The molecule has 0 bridgehead atoms. The summed E-state index contributed by atoms with van der Waals surface area (Å²) in [5, 5.41) is 5.56. The zero-order valence-electron chi connectivity index (χ0n) is 14.4. The minimum Gasteiger partial charge on any atom is -0.454 e. The molecule has 0 amide bonds. The van der Waals surface area contributed by atoms with Crippen LogP contribution in [0.15, 0.2) is 89.5 Å². The lowest BCUT2D eigenvalue weighted by molar-refractivity contribution is 0.668. The smallest absolute Gasteiger partial charge is 0.163 e. The number of aromatic nitrogens is 2. The van der Waals surface area contributed by atoms with Crippen molar-refractivity contribution < 1.29 is 4.42 Å². The third kappa shape index (κ3) is 2.02. The van der Waals surface area contributed by atoms with Crippen LogP contribution in [0.3, 0.4) is 0 Å². The Morgan fingerprint density at radius 2 is 1.26 bits per heavy atom. The van der Waals surface area contributed by atoms with Crippen molar-refractivity contribution in [2.45, 2.75) is 0 Å². The second-order valence-corrected chi connectivity index (χ2v) is 6.66. The van der Waals surface area contributed by atoms with Gasteiger partial charge in [-0.2, -0.15) is 0 Å². The molecule has 3 aromatic carbocycles. The van der Waals surface area contributed by atoms with Gasteiger partial charge in [-0.1, -0.05) is 60.7 Å². The van der Waals surface area contributed by atoms with Crippen molar-refractivity contribution in [3.05, 3.63) is 85.1 Å². The molecule has 0 aliphatic rings. The van der Waals surface area contributed by atoms with Gasteiger partial charge in [0.15, 0.2) is 5.58 Å². The molecule has 0 spiro atoms. The van der Waals surface area contributed by atoms with Gasteiger partial charge in [0.2, 0.25) is 0 Å². The molecule has 6 aromatic rings. The maximum absolute atomic E-state index is 6.20. The van der Waals surface area contributed by atoms with Crippen molar-refractivity contribution >= 4 is 43.6 Å². The number of rotatable bonds is 1. The van der Waals surface area contributed by atoms with E-state index in [1.54, 1.807) is 0 Å². The molecule has 0 atom stereocenters. The number of benzene rings is 3. The molecule has 3 nitrogen and oxygen atoms in total. The second-order valence-electron chi connectivity index (χ2n) is 6.66. The minimum absolute atomic E-state index is 0.783. The molecule has 0 saturated heterocycles.